The van der Waals surface area contributed by atoms with E-state index in [1.807, 2.05) is 0 Å². The lowest BCUT2D eigenvalue weighted by Gasteiger charge is -2.30. The molecular weight excluding hydrogens is 1040 g/mol. The highest BCUT2D eigenvalue weighted by molar-refractivity contribution is 8.14. The molecule has 2 unspecified atom stereocenters. The maximum atomic E-state index is 12.8. The van der Waals surface area contributed by atoms with Crippen molar-refractivity contribution >= 4 is 69.1 Å². The molecule has 10 N–H and O–H groups in total. The molecule has 0 radical (unpaired) electrons. The molecule has 1 aliphatic rings. The van der Waals surface area contributed by atoms with Gasteiger partial charge in [-0.05, 0) is 57.4 Å². The average molecular weight is 1110 g/mol. The van der Waals surface area contributed by atoms with Gasteiger partial charge < -0.3 is 50.9 Å². The molecule has 2 aromatic heterocycles. The van der Waals surface area contributed by atoms with Crippen LogP contribution in [0.4, 0.5) is 5.82 Å². The van der Waals surface area contributed by atoms with E-state index in [-0.39, 0.29) is 41.6 Å². The zero-order valence-corrected chi connectivity index (χ0v) is 44.6. The SMILES string of the molecule is CCCCC/C=C\C/C=C\C/C=C\C/C=C\C/C=C\CC/C=C/C(=O)SCCNC(=O)CCNC(=O)[C@H](O)C(C)(C)COP(=O)(O)OP(=O)(O)OC[C@@H]1O[C@H](n2cnc3c(N)ncnc32)[C@H](O)[C@@H]1OP(=O)(O)O. The smallest absolute Gasteiger partial charge is 0.386 e. The lowest BCUT2D eigenvalue weighted by Crippen LogP contribution is -2.46. The zero-order valence-electron chi connectivity index (χ0n) is 41.1. The molecule has 2 aromatic rings. The summed E-state index contributed by atoms with van der Waals surface area (Å²) >= 11 is 1.04. The van der Waals surface area contributed by atoms with Crippen molar-refractivity contribution in [2.75, 3.05) is 37.8 Å². The highest BCUT2D eigenvalue weighted by Gasteiger charge is 2.50. The standard InChI is InChI=1S/C45H70N7O17P3S/c1-4-5-6-7-8-9-10-11-12-13-14-15-16-17-18-19-20-21-22-23-24-25-36(54)73-29-28-47-35(53)26-27-48-43(57)40(56)45(2,3)31-66-72(63,64)69-71(61,62)65-30-34-39(68-70(58,59)60)38(55)44(67-34)52-33-51-37-41(46)49-32-50-42(37)52/h8-9,11-12,14-15,17-18,20-21,24-25,32-34,38-40,44,55-56H,4-7,10,13,16,19,22-23,26-31H2,1-3H3,(H,47,53)(H,48,57)(H,61,62)(H,63,64)(H2,46,49,50)(H2,58,59,60)/b9-8-,12-11-,15-14-,18-17-,21-20-,25-24+/t34-,38+,39+,40-,44-/m0/s1. The number of nitrogens with two attached hydrogens (primary N) is 1. The molecule has 3 rings (SSSR count). The minimum absolute atomic E-state index is 0.0289. The van der Waals surface area contributed by atoms with Gasteiger partial charge >= 0.3 is 23.5 Å². The Morgan fingerprint density at radius 1 is 0.849 bits per heavy atom. The lowest BCUT2D eigenvalue weighted by atomic mass is 9.87. The number of hydrogen-bond donors (Lipinski definition) is 9. The summed E-state index contributed by atoms with van der Waals surface area (Å²) in [4.78, 5) is 88.4. The molecule has 73 heavy (non-hydrogen) atoms. The molecular formula is C45H70N7O17P3S. The van der Waals surface area contributed by atoms with Crippen LogP contribution < -0.4 is 16.4 Å². The van der Waals surface area contributed by atoms with Gasteiger partial charge in [0.2, 0.25) is 16.9 Å². The van der Waals surface area contributed by atoms with Gasteiger partial charge in [-0.1, -0.05) is 112 Å². The number of ether oxygens (including phenoxy) is 1. The van der Waals surface area contributed by atoms with E-state index in [2.05, 4.69) is 102 Å². The Kier molecular flexibility index (Phi) is 28.1. The van der Waals surface area contributed by atoms with Gasteiger partial charge in [0, 0.05) is 30.7 Å². The molecule has 24 nitrogen and oxygen atoms in total. The molecule has 1 aliphatic heterocycles. The number of allylic oxidation sites excluding steroid dienone is 11. The third kappa shape index (κ3) is 24.9. The van der Waals surface area contributed by atoms with E-state index < -0.39 is 84.6 Å². The van der Waals surface area contributed by atoms with E-state index in [0.717, 1.165) is 67.5 Å². The number of thioether (sulfide) groups is 1. The van der Waals surface area contributed by atoms with Gasteiger partial charge in [-0.2, -0.15) is 4.31 Å². The first-order valence-corrected chi connectivity index (χ1v) is 29.0. The molecule has 7 atom stereocenters. The van der Waals surface area contributed by atoms with Crippen molar-refractivity contribution in [3.63, 3.8) is 0 Å². The second-order valence-corrected chi connectivity index (χ2v) is 22.3. The summed E-state index contributed by atoms with van der Waals surface area (Å²) in [5, 5.41) is 26.4. The fourth-order valence-corrected chi connectivity index (χ4v) is 9.96. The molecule has 1 saturated heterocycles. The summed E-state index contributed by atoms with van der Waals surface area (Å²) in [6.07, 6.45) is 28.0. The van der Waals surface area contributed by atoms with Crippen molar-refractivity contribution in [3.05, 3.63) is 85.6 Å². The Labute approximate surface area is 429 Å². The van der Waals surface area contributed by atoms with Gasteiger partial charge in [-0.15, -0.1) is 0 Å². The number of hydrogen-bond acceptors (Lipinski definition) is 18. The summed E-state index contributed by atoms with van der Waals surface area (Å²) in [6.45, 7) is 2.67. The fourth-order valence-electron chi connectivity index (χ4n) is 6.53. The number of carbonyl (C=O) groups excluding carboxylic acids is 3. The van der Waals surface area contributed by atoms with Crippen LogP contribution in [-0.4, -0.2) is 123 Å². The molecule has 28 heteroatoms. The summed E-state index contributed by atoms with van der Waals surface area (Å²) < 4.78 is 62.5. The fraction of sp³-hybridized carbons (Fsp3) is 0.556. The highest BCUT2D eigenvalue weighted by Crippen LogP contribution is 2.61. The van der Waals surface area contributed by atoms with E-state index in [0.29, 0.717) is 12.2 Å². The van der Waals surface area contributed by atoms with Crippen LogP contribution in [0.25, 0.3) is 11.2 Å². The Hall–Kier alpha value is -4.00. The minimum atomic E-state index is -5.59. The second-order valence-electron chi connectivity index (χ2n) is 17.0. The molecule has 408 valence electrons. The molecule has 0 aromatic carbocycles. The number of anilines is 1. The van der Waals surface area contributed by atoms with E-state index >= 15 is 0 Å². The van der Waals surface area contributed by atoms with Gasteiger partial charge in [-0.25, -0.2) is 28.6 Å². The van der Waals surface area contributed by atoms with Gasteiger partial charge in [0.15, 0.2) is 17.7 Å². The van der Waals surface area contributed by atoms with E-state index in [9.17, 15) is 57.9 Å². The molecule has 2 amide bonds. The van der Waals surface area contributed by atoms with Crippen LogP contribution in [0.5, 0.6) is 0 Å². The number of carbonyl (C=O) groups is 3. The summed E-state index contributed by atoms with van der Waals surface area (Å²) in [7, 11) is -16.4. The number of imidazole rings is 1. The van der Waals surface area contributed by atoms with Crippen molar-refractivity contribution in [1.82, 2.24) is 30.2 Å². The molecule has 1 fully saturated rings. The van der Waals surface area contributed by atoms with Crippen LogP contribution in [-0.2, 0) is 50.7 Å². The molecule has 0 aliphatic carbocycles. The van der Waals surface area contributed by atoms with Crippen molar-refractivity contribution in [2.24, 2.45) is 5.41 Å². The van der Waals surface area contributed by atoms with Gasteiger partial charge in [0.1, 0.15) is 36.3 Å². The average Bonchev–Trinajstić information content (AvgIpc) is 3.88. The first kappa shape index (κ1) is 63.3. The summed E-state index contributed by atoms with van der Waals surface area (Å²) in [6, 6.07) is 0. The number of aromatic nitrogens is 4. The van der Waals surface area contributed by atoms with Crippen LogP contribution in [0.2, 0.25) is 0 Å². The monoisotopic (exact) mass is 1110 g/mol. The number of amides is 2. The first-order valence-electron chi connectivity index (χ1n) is 23.5. The van der Waals surface area contributed by atoms with Gasteiger partial charge in [0.05, 0.1) is 19.5 Å². The van der Waals surface area contributed by atoms with E-state index in [1.54, 1.807) is 6.08 Å². The Morgan fingerprint density at radius 2 is 1.45 bits per heavy atom. The topological polar surface area (TPSA) is 364 Å². The number of rotatable bonds is 35. The van der Waals surface area contributed by atoms with Crippen molar-refractivity contribution < 1.29 is 80.5 Å². The molecule has 0 spiro atoms. The van der Waals surface area contributed by atoms with Gasteiger partial charge in [-0.3, -0.25) is 32.5 Å². The highest BCUT2D eigenvalue weighted by atomic mass is 32.2. The van der Waals surface area contributed by atoms with Crippen LogP contribution in [0.3, 0.4) is 0 Å². The maximum Gasteiger partial charge on any atom is 0.481 e. The Morgan fingerprint density at radius 3 is 2.08 bits per heavy atom. The third-order valence-corrected chi connectivity index (χ3v) is 14.3. The van der Waals surface area contributed by atoms with Crippen LogP contribution >= 0.6 is 35.2 Å². The van der Waals surface area contributed by atoms with Gasteiger partial charge in [0.25, 0.3) is 0 Å². The number of phosphoric acid groups is 3. The normalized spacial score (nSPS) is 20.1. The molecule has 3 heterocycles. The van der Waals surface area contributed by atoms with Crippen molar-refractivity contribution in [3.8, 4) is 0 Å². The van der Waals surface area contributed by atoms with Crippen molar-refractivity contribution in [2.45, 2.75) is 122 Å². The van der Waals surface area contributed by atoms with Crippen LogP contribution in [0, 0.1) is 5.41 Å². The molecule has 0 bridgehead atoms. The maximum absolute atomic E-state index is 12.8. The van der Waals surface area contributed by atoms with Crippen LogP contribution in [0.15, 0.2) is 85.6 Å². The van der Waals surface area contributed by atoms with E-state index in [1.165, 1.54) is 39.2 Å². The minimum Gasteiger partial charge on any atom is -0.386 e. The number of unbranched alkanes of at least 4 members (excludes halogenated alkanes) is 4. The lowest BCUT2D eigenvalue weighted by molar-refractivity contribution is -0.137. The number of nitrogens with zero attached hydrogens (tertiary/aromatic N) is 4. The number of fused-ring (bicyclic) bond motifs is 1. The second kappa shape index (κ2) is 32.4. The largest absolute Gasteiger partial charge is 0.481 e. The quantitative estimate of drug-likeness (QED) is 0.0167. The number of phosphoric ester groups is 3. The zero-order chi connectivity index (χ0) is 53.9. The Bertz CT molecular complexity index is 2390. The number of aliphatic hydroxyl groups is 2. The third-order valence-electron chi connectivity index (χ3n) is 10.4. The van der Waals surface area contributed by atoms with Crippen molar-refractivity contribution in [1.29, 1.82) is 0 Å². The summed E-state index contributed by atoms with van der Waals surface area (Å²) in [5.74, 6) is -1.16. The Balaban J connectivity index is 1.28. The molecule has 0 saturated carbocycles. The number of nitrogen functional groups attached to an aromatic ring is 1. The summed E-state index contributed by atoms with van der Waals surface area (Å²) in [5.41, 5.74) is 4.27. The number of aliphatic hydroxyl groups excluding tert-OH is 2. The van der Waals surface area contributed by atoms with Crippen LogP contribution in [0.1, 0.15) is 97.6 Å². The first-order chi connectivity index (χ1) is 34.6. The van der Waals surface area contributed by atoms with E-state index in [4.69, 9.17) is 19.5 Å². The predicted octanol–water partition coefficient (Wildman–Crippen LogP) is 5.92. The predicted molar refractivity (Wildman–Crippen MR) is 274 cm³/mol. The number of nitrogens with one attached hydrogen (secondary N) is 2.